The molecule has 0 saturated heterocycles. The largest absolute Gasteiger partial charge is 0.453 e. The quantitative estimate of drug-likeness (QED) is 0.918. The summed E-state index contributed by atoms with van der Waals surface area (Å²) in [5.41, 5.74) is 2.33. The van der Waals surface area contributed by atoms with Crippen LogP contribution in [-0.2, 0) is 12.8 Å². The normalized spacial score (nSPS) is 12.6. The van der Waals surface area contributed by atoms with Crippen LogP contribution in [0, 0.1) is 0 Å². The molecule has 0 fully saturated rings. The van der Waals surface area contributed by atoms with E-state index in [2.05, 4.69) is 45.3 Å². The highest BCUT2D eigenvalue weighted by atomic mass is 79.9. The molecule has 0 aliphatic carbocycles. The van der Waals surface area contributed by atoms with E-state index in [-0.39, 0.29) is 6.04 Å². The summed E-state index contributed by atoms with van der Waals surface area (Å²) in [5.74, 6) is 0.922. The van der Waals surface area contributed by atoms with Crippen molar-refractivity contribution in [2.45, 2.75) is 25.8 Å². The number of nitrogens with zero attached hydrogens (tertiary/aromatic N) is 1. The Bertz CT molecular complexity index is 493. The number of halogens is 1. The first kappa shape index (κ1) is 13.3. The summed E-state index contributed by atoms with van der Waals surface area (Å²) in [6.07, 6.45) is 3.79. The molecule has 0 aliphatic heterocycles. The zero-order chi connectivity index (χ0) is 13.0. The molecule has 1 N–H and O–H groups in total. The van der Waals surface area contributed by atoms with Gasteiger partial charge in [0.15, 0.2) is 4.67 Å². The molecule has 18 heavy (non-hydrogen) atoms. The maximum absolute atomic E-state index is 5.58. The Hall–Kier alpha value is -1.13. The lowest BCUT2D eigenvalue weighted by Crippen LogP contribution is -2.18. The molecule has 1 unspecified atom stereocenters. The number of aromatic nitrogens is 1. The first-order chi connectivity index (χ1) is 8.72. The number of aryl methyl sites for hydroxylation is 1. The van der Waals surface area contributed by atoms with E-state index in [4.69, 9.17) is 4.42 Å². The van der Waals surface area contributed by atoms with Crippen molar-refractivity contribution in [3.05, 3.63) is 52.1 Å². The van der Waals surface area contributed by atoms with Crippen molar-refractivity contribution in [1.29, 1.82) is 0 Å². The van der Waals surface area contributed by atoms with Gasteiger partial charge < -0.3 is 9.73 Å². The minimum atomic E-state index is 0.149. The van der Waals surface area contributed by atoms with E-state index in [9.17, 15) is 0 Å². The predicted octanol–water partition coefficient (Wildman–Crippen LogP) is 3.50. The molecule has 2 heterocycles. The highest BCUT2D eigenvalue weighted by molar-refractivity contribution is 9.10. The van der Waals surface area contributed by atoms with E-state index in [1.54, 1.807) is 0 Å². The molecule has 0 aromatic carbocycles. The fourth-order valence-electron chi connectivity index (χ4n) is 1.85. The van der Waals surface area contributed by atoms with Crippen molar-refractivity contribution in [3.63, 3.8) is 0 Å². The van der Waals surface area contributed by atoms with Crippen molar-refractivity contribution in [3.8, 4) is 0 Å². The van der Waals surface area contributed by atoms with Crippen LogP contribution in [0.4, 0.5) is 0 Å². The predicted molar refractivity (Wildman–Crippen MR) is 75.5 cm³/mol. The summed E-state index contributed by atoms with van der Waals surface area (Å²) in [4.78, 5) is 4.48. The second kappa shape index (κ2) is 6.16. The number of hydrogen-bond donors (Lipinski definition) is 1. The first-order valence-corrected chi connectivity index (χ1v) is 6.88. The van der Waals surface area contributed by atoms with Gasteiger partial charge in [0.25, 0.3) is 0 Å². The fraction of sp³-hybridized carbons (Fsp3) is 0.357. The van der Waals surface area contributed by atoms with Crippen LogP contribution in [0.5, 0.6) is 0 Å². The van der Waals surface area contributed by atoms with Crippen LogP contribution in [0.1, 0.15) is 30.0 Å². The Morgan fingerprint density at radius 2 is 2.17 bits per heavy atom. The Kier molecular flexibility index (Phi) is 4.55. The standard InChI is InChI=1S/C14H17BrN2O/c1-3-10-4-5-11(17-9-10)8-12(16-2)13-6-7-14(15)18-13/h4-7,9,12,16H,3,8H2,1-2H3. The van der Waals surface area contributed by atoms with Gasteiger partial charge in [-0.3, -0.25) is 4.98 Å². The Balaban J connectivity index is 2.10. The van der Waals surface area contributed by atoms with Gasteiger partial charge >= 0.3 is 0 Å². The Morgan fingerprint density at radius 1 is 1.33 bits per heavy atom. The van der Waals surface area contributed by atoms with Gasteiger partial charge in [-0.05, 0) is 53.2 Å². The molecule has 0 amide bonds. The topological polar surface area (TPSA) is 38.1 Å². The van der Waals surface area contributed by atoms with Crippen LogP contribution < -0.4 is 5.32 Å². The zero-order valence-corrected chi connectivity index (χ0v) is 12.2. The van der Waals surface area contributed by atoms with Crippen molar-refractivity contribution in [1.82, 2.24) is 10.3 Å². The lowest BCUT2D eigenvalue weighted by molar-refractivity contribution is 0.415. The van der Waals surface area contributed by atoms with Gasteiger partial charge in [0, 0.05) is 18.3 Å². The summed E-state index contributed by atoms with van der Waals surface area (Å²) < 4.78 is 6.34. The molecule has 2 aromatic heterocycles. The molecule has 1 atom stereocenters. The lowest BCUT2D eigenvalue weighted by Gasteiger charge is -2.13. The van der Waals surface area contributed by atoms with E-state index in [1.165, 1.54) is 5.56 Å². The average Bonchev–Trinajstić information content (AvgIpc) is 2.83. The maximum Gasteiger partial charge on any atom is 0.169 e. The summed E-state index contributed by atoms with van der Waals surface area (Å²) in [7, 11) is 1.93. The number of pyridine rings is 1. The van der Waals surface area contributed by atoms with E-state index < -0.39 is 0 Å². The first-order valence-electron chi connectivity index (χ1n) is 6.09. The van der Waals surface area contributed by atoms with Crippen LogP contribution >= 0.6 is 15.9 Å². The monoisotopic (exact) mass is 308 g/mol. The Morgan fingerprint density at radius 3 is 2.67 bits per heavy atom. The third-order valence-corrected chi connectivity index (χ3v) is 3.42. The number of furan rings is 1. The van der Waals surface area contributed by atoms with Gasteiger partial charge in [-0.15, -0.1) is 0 Å². The highest BCUT2D eigenvalue weighted by Gasteiger charge is 2.14. The average molecular weight is 309 g/mol. The summed E-state index contributed by atoms with van der Waals surface area (Å²) in [6, 6.07) is 8.25. The summed E-state index contributed by atoms with van der Waals surface area (Å²) in [6.45, 7) is 2.13. The lowest BCUT2D eigenvalue weighted by atomic mass is 10.1. The van der Waals surface area contributed by atoms with Crippen LogP contribution in [0.25, 0.3) is 0 Å². The second-order valence-electron chi connectivity index (χ2n) is 4.20. The molecule has 2 rings (SSSR count). The minimum absolute atomic E-state index is 0.149. The van der Waals surface area contributed by atoms with Crippen LogP contribution in [0.2, 0.25) is 0 Å². The maximum atomic E-state index is 5.58. The molecule has 0 bridgehead atoms. The van der Waals surface area contributed by atoms with Gasteiger partial charge in [0.2, 0.25) is 0 Å². The van der Waals surface area contributed by atoms with E-state index in [0.29, 0.717) is 0 Å². The minimum Gasteiger partial charge on any atom is -0.453 e. The van der Waals surface area contributed by atoms with Gasteiger partial charge in [-0.1, -0.05) is 13.0 Å². The molecular formula is C14H17BrN2O. The van der Waals surface area contributed by atoms with Crippen molar-refractivity contribution >= 4 is 15.9 Å². The van der Waals surface area contributed by atoms with Gasteiger partial charge in [0.1, 0.15) is 5.76 Å². The third-order valence-electron chi connectivity index (χ3n) is 2.99. The van der Waals surface area contributed by atoms with Gasteiger partial charge in [-0.25, -0.2) is 0 Å². The zero-order valence-electron chi connectivity index (χ0n) is 10.6. The van der Waals surface area contributed by atoms with Gasteiger partial charge in [0.05, 0.1) is 6.04 Å². The number of rotatable bonds is 5. The molecule has 0 spiro atoms. The van der Waals surface area contributed by atoms with Crippen molar-refractivity contribution in [2.75, 3.05) is 7.05 Å². The second-order valence-corrected chi connectivity index (χ2v) is 4.98. The number of hydrogen-bond acceptors (Lipinski definition) is 3. The number of likely N-dealkylation sites (N-methyl/N-ethyl adjacent to an activating group) is 1. The third kappa shape index (κ3) is 3.21. The van der Waals surface area contributed by atoms with E-state index >= 15 is 0 Å². The van der Waals surface area contributed by atoms with Crippen molar-refractivity contribution < 1.29 is 4.42 Å². The molecule has 0 saturated carbocycles. The smallest absolute Gasteiger partial charge is 0.169 e. The SMILES string of the molecule is CCc1ccc(CC(NC)c2ccc(Br)o2)nc1. The highest BCUT2D eigenvalue weighted by Crippen LogP contribution is 2.22. The van der Waals surface area contributed by atoms with E-state index in [1.807, 2.05) is 25.4 Å². The van der Waals surface area contributed by atoms with Crippen LogP contribution in [0.3, 0.4) is 0 Å². The molecule has 0 aliphatic rings. The molecule has 2 aromatic rings. The summed E-state index contributed by atoms with van der Waals surface area (Å²) in [5, 5.41) is 3.25. The molecule has 3 nitrogen and oxygen atoms in total. The van der Waals surface area contributed by atoms with Crippen LogP contribution in [0.15, 0.2) is 39.5 Å². The molecule has 96 valence electrons. The Labute approximate surface area is 116 Å². The molecule has 0 radical (unpaired) electrons. The summed E-state index contributed by atoms with van der Waals surface area (Å²) >= 11 is 3.32. The van der Waals surface area contributed by atoms with Crippen LogP contribution in [-0.4, -0.2) is 12.0 Å². The fourth-order valence-corrected chi connectivity index (χ4v) is 2.17. The van der Waals surface area contributed by atoms with Crippen molar-refractivity contribution in [2.24, 2.45) is 0 Å². The number of nitrogens with one attached hydrogen (secondary N) is 1. The van der Waals surface area contributed by atoms with E-state index in [0.717, 1.165) is 29.0 Å². The molecular weight excluding hydrogens is 292 g/mol. The van der Waals surface area contributed by atoms with Gasteiger partial charge in [-0.2, -0.15) is 0 Å². The molecule has 4 heteroatoms.